The van der Waals surface area contributed by atoms with Crippen molar-refractivity contribution in [3.05, 3.63) is 53.5 Å². The van der Waals surface area contributed by atoms with Gasteiger partial charge in [-0.2, -0.15) is 0 Å². The van der Waals surface area contributed by atoms with Gasteiger partial charge in [0.1, 0.15) is 5.82 Å². The van der Waals surface area contributed by atoms with Gasteiger partial charge in [-0.15, -0.1) is 0 Å². The number of aromatic nitrogens is 1. The summed E-state index contributed by atoms with van der Waals surface area (Å²) in [5.41, 5.74) is 6.82. The van der Waals surface area contributed by atoms with Crippen molar-refractivity contribution in [1.82, 2.24) is 4.98 Å². The number of nitrogens with zero attached hydrogens (tertiary/aromatic N) is 1. The molecule has 0 aliphatic carbocycles. The SMILES string of the molecule is CCOc1cccnc1NCc1ccc(CN)cc1F. The quantitative estimate of drug-likeness (QED) is 0.851. The van der Waals surface area contributed by atoms with Gasteiger partial charge in [0.05, 0.1) is 6.61 Å². The fourth-order valence-electron chi connectivity index (χ4n) is 1.84. The molecular weight excluding hydrogens is 257 g/mol. The number of benzene rings is 1. The molecule has 0 spiro atoms. The normalized spacial score (nSPS) is 10.3. The molecule has 0 saturated heterocycles. The molecule has 0 bridgehead atoms. The average molecular weight is 275 g/mol. The second kappa shape index (κ2) is 6.86. The van der Waals surface area contributed by atoms with Gasteiger partial charge < -0.3 is 15.8 Å². The summed E-state index contributed by atoms with van der Waals surface area (Å²) in [6.07, 6.45) is 1.67. The minimum Gasteiger partial charge on any atom is -0.490 e. The van der Waals surface area contributed by atoms with Crippen LogP contribution in [0, 0.1) is 5.82 Å². The van der Waals surface area contributed by atoms with Crippen LogP contribution in [0.3, 0.4) is 0 Å². The highest BCUT2D eigenvalue weighted by Gasteiger charge is 2.06. The standard InChI is InChI=1S/C15H18FN3O/c1-2-20-14-4-3-7-18-15(14)19-10-12-6-5-11(9-17)8-13(12)16/h3-8H,2,9-10,17H2,1H3,(H,18,19). The Bertz CT molecular complexity index is 575. The van der Waals surface area contributed by atoms with Crippen molar-refractivity contribution in [2.24, 2.45) is 5.73 Å². The van der Waals surface area contributed by atoms with Gasteiger partial charge in [0, 0.05) is 24.8 Å². The molecule has 0 saturated carbocycles. The Morgan fingerprint density at radius 1 is 1.35 bits per heavy atom. The van der Waals surface area contributed by atoms with Crippen molar-refractivity contribution < 1.29 is 9.13 Å². The van der Waals surface area contributed by atoms with Gasteiger partial charge in [-0.3, -0.25) is 0 Å². The summed E-state index contributed by atoms with van der Waals surface area (Å²) in [5.74, 6) is 1.000. The van der Waals surface area contributed by atoms with Crippen LogP contribution in [0.5, 0.6) is 5.75 Å². The molecule has 2 aromatic rings. The van der Waals surface area contributed by atoms with Gasteiger partial charge in [0.2, 0.25) is 0 Å². The molecule has 0 radical (unpaired) electrons. The number of hydrogen-bond donors (Lipinski definition) is 2. The summed E-state index contributed by atoms with van der Waals surface area (Å²) in [7, 11) is 0. The maximum Gasteiger partial charge on any atom is 0.169 e. The number of pyridine rings is 1. The Morgan fingerprint density at radius 2 is 2.20 bits per heavy atom. The fraction of sp³-hybridized carbons (Fsp3) is 0.267. The third-order valence-corrected chi connectivity index (χ3v) is 2.87. The molecule has 0 fully saturated rings. The van der Waals surface area contributed by atoms with Crippen LogP contribution in [-0.4, -0.2) is 11.6 Å². The zero-order valence-corrected chi connectivity index (χ0v) is 11.4. The molecule has 1 heterocycles. The molecule has 20 heavy (non-hydrogen) atoms. The number of anilines is 1. The van der Waals surface area contributed by atoms with Gasteiger partial charge in [-0.1, -0.05) is 12.1 Å². The summed E-state index contributed by atoms with van der Waals surface area (Å²) in [5, 5.41) is 3.09. The van der Waals surface area contributed by atoms with E-state index in [-0.39, 0.29) is 5.82 Å². The van der Waals surface area contributed by atoms with Crippen LogP contribution >= 0.6 is 0 Å². The molecule has 0 amide bonds. The van der Waals surface area contributed by atoms with Gasteiger partial charge in [-0.25, -0.2) is 9.37 Å². The summed E-state index contributed by atoms with van der Waals surface area (Å²) in [6, 6.07) is 8.63. The lowest BCUT2D eigenvalue weighted by Crippen LogP contribution is -2.06. The number of rotatable bonds is 6. The summed E-state index contributed by atoms with van der Waals surface area (Å²) < 4.78 is 19.3. The van der Waals surface area contributed by atoms with Crippen LogP contribution in [-0.2, 0) is 13.1 Å². The molecule has 5 heteroatoms. The molecule has 0 atom stereocenters. The van der Waals surface area contributed by atoms with Crippen molar-refractivity contribution in [2.45, 2.75) is 20.0 Å². The van der Waals surface area contributed by atoms with Crippen LogP contribution in [0.2, 0.25) is 0 Å². The Kier molecular flexibility index (Phi) is 4.90. The molecule has 3 N–H and O–H groups in total. The Labute approximate surface area is 117 Å². The van der Waals surface area contributed by atoms with Crippen LogP contribution in [0.1, 0.15) is 18.1 Å². The second-order valence-corrected chi connectivity index (χ2v) is 4.27. The number of nitrogens with two attached hydrogens (primary N) is 1. The highest BCUT2D eigenvalue weighted by Crippen LogP contribution is 2.22. The van der Waals surface area contributed by atoms with Crippen LogP contribution in [0.4, 0.5) is 10.2 Å². The molecule has 1 aromatic heterocycles. The Balaban J connectivity index is 2.09. The molecular formula is C15H18FN3O. The first-order valence-electron chi connectivity index (χ1n) is 6.53. The van der Waals surface area contributed by atoms with E-state index >= 15 is 0 Å². The van der Waals surface area contributed by atoms with Crippen LogP contribution in [0.15, 0.2) is 36.5 Å². The van der Waals surface area contributed by atoms with E-state index in [1.165, 1.54) is 6.07 Å². The average Bonchev–Trinajstić information content (AvgIpc) is 2.47. The maximum absolute atomic E-state index is 13.8. The van der Waals surface area contributed by atoms with Crippen molar-refractivity contribution >= 4 is 5.82 Å². The lowest BCUT2D eigenvalue weighted by molar-refractivity contribution is 0.340. The van der Waals surface area contributed by atoms with Crippen molar-refractivity contribution in [3.63, 3.8) is 0 Å². The smallest absolute Gasteiger partial charge is 0.169 e. The lowest BCUT2D eigenvalue weighted by atomic mass is 10.1. The van der Waals surface area contributed by atoms with E-state index in [0.29, 0.717) is 36.8 Å². The van der Waals surface area contributed by atoms with Gasteiger partial charge in [0.15, 0.2) is 11.6 Å². The molecule has 1 aromatic carbocycles. The summed E-state index contributed by atoms with van der Waals surface area (Å²) >= 11 is 0. The first-order chi connectivity index (χ1) is 9.74. The number of ether oxygens (including phenoxy) is 1. The van der Waals surface area contributed by atoms with E-state index in [4.69, 9.17) is 10.5 Å². The minimum absolute atomic E-state index is 0.269. The van der Waals surface area contributed by atoms with E-state index in [9.17, 15) is 4.39 Å². The predicted octanol–water partition coefficient (Wildman–Crippen LogP) is 2.69. The molecule has 2 rings (SSSR count). The molecule has 0 aliphatic rings. The van der Waals surface area contributed by atoms with Gasteiger partial charge in [0.25, 0.3) is 0 Å². The van der Waals surface area contributed by atoms with Crippen molar-refractivity contribution in [1.29, 1.82) is 0 Å². The molecule has 4 nitrogen and oxygen atoms in total. The highest BCUT2D eigenvalue weighted by molar-refractivity contribution is 5.49. The Morgan fingerprint density at radius 3 is 2.90 bits per heavy atom. The van der Waals surface area contributed by atoms with Crippen molar-refractivity contribution in [3.8, 4) is 5.75 Å². The topological polar surface area (TPSA) is 60.2 Å². The summed E-state index contributed by atoms with van der Waals surface area (Å²) in [4.78, 5) is 4.20. The molecule has 106 valence electrons. The van der Waals surface area contributed by atoms with Gasteiger partial charge in [-0.05, 0) is 30.7 Å². The largest absolute Gasteiger partial charge is 0.490 e. The highest BCUT2D eigenvalue weighted by atomic mass is 19.1. The zero-order chi connectivity index (χ0) is 14.4. The third-order valence-electron chi connectivity index (χ3n) is 2.87. The number of nitrogens with one attached hydrogen (secondary N) is 1. The van der Waals surface area contributed by atoms with E-state index < -0.39 is 0 Å². The van der Waals surface area contributed by atoms with E-state index in [0.717, 1.165) is 5.56 Å². The number of halogens is 1. The van der Waals surface area contributed by atoms with Crippen LogP contribution in [0.25, 0.3) is 0 Å². The maximum atomic E-state index is 13.8. The molecule has 0 aliphatic heterocycles. The molecule has 0 unspecified atom stereocenters. The summed E-state index contributed by atoms with van der Waals surface area (Å²) in [6.45, 7) is 3.13. The first-order valence-corrected chi connectivity index (χ1v) is 6.53. The monoisotopic (exact) mass is 275 g/mol. The first kappa shape index (κ1) is 14.3. The second-order valence-electron chi connectivity index (χ2n) is 4.27. The zero-order valence-electron chi connectivity index (χ0n) is 11.4. The third kappa shape index (κ3) is 3.45. The minimum atomic E-state index is -0.269. The van der Waals surface area contributed by atoms with Gasteiger partial charge >= 0.3 is 0 Å². The van der Waals surface area contributed by atoms with E-state index in [1.807, 2.05) is 19.1 Å². The van der Waals surface area contributed by atoms with E-state index in [2.05, 4.69) is 10.3 Å². The van der Waals surface area contributed by atoms with E-state index in [1.54, 1.807) is 18.3 Å². The van der Waals surface area contributed by atoms with Crippen LogP contribution < -0.4 is 15.8 Å². The fourth-order valence-corrected chi connectivity index (χ4v) is 1.84. The lowest BCUT2D eigenvalue weighted by Gasteiger charge is -2.11. The Hall–Kier alpha value is -2.14. The predicted molar refractivity (Wildman–Crippen MR) is 77.0 cm³/mol. The number of hydrogen-bond acceptors (Lipinski definition) is 4. The van der Waals surface area contributed by atoms with Crippen molar-refractivity contribution in [2.75, 3.05) is 11.9 Å².